The van der Waals surface area contributed by atoms with Gasteiger partial charge in [-0.05, 0) is 11.0 Å². The summed E-state index contributed by atoms with van der Waals surface area (Å²) in [6, 6.07) is 12.2. The van der Waals surface area contributed by atoms with Gasteiger partial charge in [-0.1, -0.05) is 41.9 Å². The van der Waals surface area contributed by atoms with Gasteiger partial charge in [-0.15, -0.1) is 11.8 Å². The number of hydrogen-bond donors (Lipinski definition) is 0. The van der Waals surface area contributed by atoms with Crippen LogP contribution in [0, 0.1) is 0 Å². The number of anilines is 2. The standard InChI is InChI=1S/C17H17ClN4OS/c18-15-10-16(20-17(19-15)21-6-8-23-9-7-21)22-12-24-11-14(22)13-4-2-1-3-5-13/h1-5,10-11H,6-9,12H2. The van der Waals surface area contributed by atoms with E-state index >= 15 is 0 Å². The molecule has 3 heterocycles. The lowest BCUT2D eigenvalue weighted by Gasteiger charge is -2.28. The Morgan fingerprint density at radius 2 is 1.88 bits per heavy atom. The van der Waals surface area contributed by atoms with Gasteiger partial charge in [-0.3, -0.25) is 0 Å². The van der Waals surface area contributed by atoms with Gasteiger partial charge in [0.2, 0.25) is 5.95 Å². The Bertz CT molecular complexity index is 750. The molecule has 0 amide bonds. The smallest absolute Gasteiger partial charge is 0.228 e. The van der Waals surface area contributed by atoms with Crippen LogP contribution in [0.25, 0.3) is 5.70 Å². The first-order chi connectivity index (χ1) is 11.8. The Hall–Kier alpha value is -1.76. The summed E-state index contributed by atoms with van der Waals surface area (Å²) in [6.45, 7) is 2.96. The Kier molecular flexibility index (Phi) is 4.60. The molecule has 4 rings (SSSR count). The van der Waals surface area contributed by atoms with Crippen molar-refractivity contribution in [3.05, 3.63) is 52.5 Å². The minimum atomic E-state index is 0.464. The molecule has 0 radical (unpaired) electrons. The van der Waals surface area contributed by atoms with E-state index in [1.54, 1.807) is 11.8 Å². The maximum atomic E-state index is 6.28. The predicted octanol–water partition coefficient (Wildman–Crippen LogP) is 3.48. The third-order valence-electron chi connectivity index (χ3n) is 4.00. The molecule has 0 N–H and O–H groups in total. The predicted molar refractivity (Wildman–Crippen MR) is 99.4 cm³/mol. The molecule has 1 fully saturated rings. The van der Waals surface area contributed by atoms with Crippen molar-refractivity contribution >= 4 is 40.8 Å². The van der Waals surface area contributed by atoms with E-state index < -0.39 is 0 Å². The first kappa shape index (κ1) is 15.7. The largest absolute Gasteiger partial charge is 0.378 e. The van der Waals surface area contributed by atoms with Gasteiger partial charge < -0.3 is 14.5 Å². The first-order valence-corrected chi connectivity index (χ1v) is 9.26. The van der Waals surface area contributed by atoms with Crippen molar-refractivity contribution in [3.8, 4) is 0 Å². The van der Waals surface area contributed by atoms with Crippen molar-refractivity contribution < 1.29 is 4.74 Å². The highest BCUT2D eigenvalue weighted by molar-refractivity contribution is 8.02. The molecule has 7 heteroatoms. The van der Waals surface area contributed by atoms with Crippen LogP contribution in [-0.2, 0) is 4.74 Å². The van der Waals surface area contributed by atoms with Crippen LogP contribution in [0.15, 0.2) is 41.8 Å². The number of aromatic nitrogens is 2. The van der Waals surface area contributed by atoms with E-state index in [9.17, 15) is 0 Å². The molecule has 1 saturated heterocycles. The second-order valence-corrected chi connectivity index (χ2v) is 6.76. The van der Waals surface area contributed by atoms with Crippen molar-refractivity contribution in [1.29, 1.82) is 0 Å². The highest BCUT2D eigenvalue weighted by atomic mass is 35.5. The molecule has 2 aromatic rings. The summed E-state index contributed by atoms with van der Waals surface area (Å²) in [6.07, 6.45) is 0. The molecule has 0 unspecified atom stereocenters. The van der Waals surface area contributed by atoms with E-state index in [4.69, 9.17) is 21.3 Å². The zero-order chi connectivity index (χ0) is 16.4. The van der Waals surface area contributed by atoms with E-state index in [1.807, 2.05) is 24.3 Å². The van der Waals surface area contributed by atoms with Crippen LogP contribution < -0.4 is 9.80 Å². The van der Waals surface area contributed by atoms with Gasteiger partial charge in [0.05, 0.1) is 24.8 Å². The Morgan fingerprint density at radius 3 is 2.67 bits per heavy atom. The lowest BCUT2D eigenvalue weighted by molar-refractivity contribution is 0.122. The fourth-order valence-corrected chi connectivity index (χ4v) is 3.87. The summed E-state index contributed by atoms with van der Waals surface area (Å²) in [5, 5.41) is 2.63. The van der Waals surface area contributed by atoms with Gasteiger partial charge in [0.25, 0.3) is 0 Å². The van der Waals surface area contributed by atoms with Crippen molar-refractivity contribution in [1.82, 2.24) is 9.97 Å². The van der Waals surface area contributed by atoms with Crippen LogP contribution in [0.4, 0.5) is 11.8 Å². The molecule has 0 bridgehead atoms. The van der Waals surface area contributed by atoms with Crippen LogP contribution >= 0.6 is 23.4 Å². The van der Waals surface area contributed by atoms with Crippen LogP contribution in [0.2, 0.25) is 5.15 Å². The molecule has 0 atom stereocenters. The Labute approximate surface area is 150 Å². The van der Waals surface area contributed by atoms with Gasteiger partial charge >= 0.3 is 0 Å². The van der Waals surface area contributed by atoms with Gasteiger partial charge in [0.1, 0.15) is 11.0 Å². The fourth-order valence-electron chi connectivity index (χ4n) is 2.78. The van der Waals surface area contributed by atoms with E-state index in [0.717, 1.165) is 30.5 Å². The molecule has 0 spiro atoms. The molecule has 1 aromatic carbocycles. The summed E-state index contributed by atoms with van der Waals surface area (Å²) < 4.78 is 5.40. The lowest BCUT2D eigenvalue weighted by Crippen LogP contribution is -2.37. The highest BCUT2D eigenvalue weighted by Crippen LogP contribution is 2.35. The molecular formula is C17H17ClN4OS. The zero-order valence-corrected chi connectivity index (χ0v) is 14.6. The Morgan fingerprint density at radius 1 is 1.08 bits per heavy atom. The summed E-state index contributed by atoms with van der Waals surface area (Å²) in [4.78, 5) is 13.5. The maximum Gasteiger partial charge on any atom is 0.228 e. The molecule has 2 aliphatic heterocycles. The van der Waals surface area contributed by atoms with Crippen LogP contribution in [0.5, 0.6) is 0 Å². The van der Waals surface area contributed by atoms with E-state index in [2.05, 4.69) is 32.3 Å². The molecule has 5 nitrogen and oxygen atoms in total. The lowest BCUT2D eigenvalue weighted by atomic mass is 10.1. The summed E-state index contributed by atoms with van der Waals surface area (Å²) in [7, 11) is 0. The van der Waals surface area contributed by atoms with Crippen molar-refractivity contribution in [2.24, 2.45) is 0 Å². The minimum absolute atomic E-state index is 0.464. The van der Waals surface area contributed by atoms with E-state index in [-0.39, 0.29) is 0 Å². The topological polar surface area (TPSA) is 41.5 Å². The molecule has 1 aromatic heterocycles. The maximum absolute atomic E-state index is 6.28. The normalized spacial score (nSPS) is 18.0. The monoisotopic (exact) mass is 360 g/mol. The third-order valence-corrected chi connectivity index (χ3v) is 4.99. The molecule has 24 heavy (non-hydrogen) atoms. The molecule has 124 valence electrons. The fraction of sp³-hybridized carbons (Fsp3) is 0.294. The van der Waals surface area contributed by atoms with Crippen molar-refractivity contribution in [2.75, 3.05) is 42.0 Å². The number of thioether (sulfide) groups is 1. The highest BCUT2D eigenvalue weighted by Gasteiger charge is 2.23. The summed E-state index contributed by atoms with van der Waals surface area (Å²) in [5.41, 5.74) is 2.31. The molecule has 0 saturated carbocycles. The van der Waals surface area contributed by atoms with Crippen molar-refractivity contribution in [2.45, 2.75) is 0 Å². The number of ether oxygens (including phenoxy) is 1. The minimum Gasteiger partial charge on any atom is -0.378 e. The van der Waals surface area contributed by atoms with Gasteiger partial charge in [0.15, 0.2) is 0 Å². The number of benzene rings is 1. The SMILES string of the molecule is Clc1cc(N2CSC=C2c2ccccc2)nc(N2CCOCC2)n1. The second kappa shape index (κ2) is 7.01. The zero-order valence-electron chi connectivity index (χ0n) is 13.1. The first-order valence-electron chi connectivity index (χ1n) is 7.83. The summed E-state index contributed by atoms with van der Waals surface area (Å²) >= 11 is 8.03. The average molecular weight is 361 g/mol. The van der Waals surface area contributed by atoms with Crippen molar-refractivity contribution in [3.63, 3.8) is 0 Å². The number of nitrogens with zero attached hydrogens (tertiary/aromatic N) is 4. The molecule has 0 aliphatic carbocycles. The Balaban J connectivity index is 1.66. The summed E-state index contributed by atoms with van der Waals surface area (Å²) in [5.74, 6) is 2.32. The van der Waals surface area contributed by atoms with Gasteiger partial charge in [0, 0.05) is 19.2 Å². The van der Waals surface area contributed by atoms with E-state index in [0.29, 0.717) is 24.3 Å². The second-order valence-electron chi connectivity index (χ2n) is 5.54. The van der Waals surface area contributed by atoms with Crippen LogP contribution in [0.1, 0.15) is 5.56 Å². The molecular weight excluding hydrogens is 344 g/mol. The third kappa shape index (κ3) is 3.22. The number of morpholine rings is 1. The number of hydrogen-bond acceptors (Lipinski definition) is 6. The van der Waals surface area contributed by atoms with Gasteiger partial charge in [-0.25, -0.2) is 4.98 Å². The number of rotatable bonds is 3. The van der Waals surface area contributed by atoms with Crippen LogP contribution in [-0.4, -0.2) is 42.1 Å². The molecule has 2 aliphatic rings. The van der Waals surface area contributed by atoms with Gasteiger partial charge in [-0.2, -0.15) is 4.98 Å². The average Bonchev–Trinajstić information content (AvgIpc) is 3.12. The van der Waals surface area contributed by atoms with E-state index in [1.165, 1.54) is 5.56 Å². The van der Waals surface area contributed by atoms with Crippen LogP contribution in [0.3, 0.4) is 0 Å². The number of halogens is 1. The quantitative estimate of drug-likeness (QED) is 0.781.